The van der Waals surface area contributed by atoms with Gasteiger partial charge in [-0.3, -0.25) is 4.79 Å². The smallest absolute Gasteiger partial charge is 0.327 e. The molecule has 0 saturated carbocycles. The zero-order valence-corrected chi connectivity index (χ0v) is 12.3. The van der Waals surface area contributed by atoms with Gasteiger partial charge in [-0.25, -0.2) is 4.79 Å². The van der Waals surface area contributed by atoms with E-state index in [4.69, 9.17) is 0 Å². The number of carbonyl (C=O) groups is 2. The largest absolute Gasteiger partial charge is 0.480 e. The highest BCUT2D eigenvalue weighted by Crippen LogP contribution is 2.35. The minimum Gasteiger partial charge on any atom is -0.480 e. The Labute approximate surface area is 117 Å². The first-order chi connectivity index (χ1) is 8.93. The number of hydrogen-bond donors (Lipinski definition) is 2. The van der Waals surface area contributed by atoms with Crippen molar-refractivity contribution in [2.75, 3.05) is 18.8 Å². The molecule has 2 aliphatic rings. The maximum absolute atomic E-state index is 12.6. The average Bonchev–Trinajstić information content (AvgIpc) is 2.69. The fourth-order valence-electron chi connectivity index (χ4n) is 2.35. The van der Waals surface area contributed by atoms with E-state index in [0.29, 0.717) is 11.3 Å². The van der Waals surface area contributed by atoms with E-state index in [1.807, 2.05) is 13.8 Å². The van der Waals surface area contributed by atoms with E-state index < -0.39 is 12.0 Å². The summed E-state index contributed by atoms with van der Waals surface area (Å²) < 4.78 is 0. The van der Waals surface area contributed by atoms with Gasteiger partial charge in [-0.15, -0.1) is 11.8 Å². The molecule has 0 aromatic heterocycles. The molecule has 0 aliphatic carbocycles. The van der Waals surface area contributed by atoms with Gasteiger partial charge in [0.25, 0.3) is 5.91 Å². The molecule has 2 unspecified atom stereocenters. The minimum atomic E-state index is -0.909. The van der Waals surface area contributed by atoms with E-state index in [-0.39, 0.29) is 17.2 Å². The van der Waals surface area contributed by atoms with E-state index in [1.54, 1.807) is 23.6 Å². The highest BCUT2D eigenvalue weighted by Gasteiger charge is 2.43. The first kappa shape index (κ1) is 14.4. The molecule has 2 aliphatic heterocycles. The first-order valence-electron chi connectivity index (χ1n) is 6.50. The summed E-state index contributed by atoms with van der Waals surface area (Å²) in [5.41, 5.74) is 1.80. The number of rotatable bonds is 3. The van der Waals surface area contributed by atoms with Crippen molar-refractivity contribution < 1.29 is 14.7 Å². The number of nitrogens with zero attached hydrogens (tertiary/aromatic N) is 1. The van der Waals surface area contributed by atoms with Crippen molar-refractivity contribution in [1.82, 2.24) is 10.2 Å². The van der Waals surface area contributed by atoms with Gasteiger partial charge in [-0.05, 0) is 18.4 Å². The number of carboxylic acid groups (broad SMARTS) is 1. The summed E-state index contributed by atoms with van der Waals surface area (Å²) in [6, 6.07) is -0.700. The van der Waals surface area contributed by atoms with Crippen LogP contribution in [0.3, 0.4) is 0 Å². The van der Waals surface area contributed by atoms with Crippen LogP contribution in [0.25, 0.3) is 0 Å². The van der Waals surface area contributed by atoms with Crippen molar-refractivity contribution in [3.05, 3.63) is 11.1 Å². The second kappa shape index (κ2) is 5.54. The van der Waals surface area contributed by atoms with Crippen molar-refractivity contribution in [2.24, 2.45) is 5.92 Å². The van der Waals surface area contributed by atoms with Gasteiger partial charge in [-0.1, -0.05) is 13.8 Å². The Kier molecular flexibility index (Phi) is 4.20. The van der Waals surface area contributed by atoms with Crippen LogP contribution in [-0.4, -0.2) is 52.1 Å². The van der Waals surface area contributed by atoms with E-state index in [1.165, 1.54) is 0 Å². The van der Waals surface area contributed by atoms with E-state index in [0.717, 1.165) is 18.7 Å². The van der Waals surface area contributed by atoms with Crippen LogP contribution in [0, 0.1) is 5.92 Å². The number of carbonyl (C=O) groups excluding carboxylic acids is 1. The third kappa shape index (κ3) is 2.65. The molecular weight excluding hydrogens is 264 g/mol. The van der Waals surface area contributed by atoms with Crippen LogP contribution in [0.4, 0.5) is 0 Å². The highest BCUT2D eigenvalue weighted by atomic mass is 32.2. The van der Waals surface area contributed by atoms with Gasteiger partial charge in [-0.2, -0.15) is 0 Å². The molecule has 0 radical (unpaired) electrons. The molecule has 106 valence electrons. The maximum Gasteiger partial charge on any atom is 0.327 e. The predicted octanol–water partition coefficient (Wildman–Crippen LogP) is 0.917. The van der Waals surface area contributed by atoms with Crippen LogP contribution in [0.1, 0.15) is 20.8 Å². The van der Waals surface area contributed by atoms with Gasteiger partial charge in [0.05, 0.1) is 5.37 Å². The van der Waals surface area contributed by atoms with Gasteiger partial charge in [0.1, 0.15) is 6.04 Å². The minimum absolute atomic E-state index is 0.0443. The molecule has 2 saturated heterocycles. The molecule has 6 heteroatoms. The lowest BCUT2D eigenvalue weighted by Crippen LogP contribution is -2.48. The van der Waals surface area contributed by atoms with E-state index in [2.05, 4.69) is 5.32 Å². The Morgan fingerprint density at radius 3 is 2.47 bits per heavy atom. The van der Waals surface area contributed by atoms with E-state index in [9.17, 15) is 14.7 Å². The normalized spacial score (nSPS) is 26.5. The molecule has 0 aromatic carbocycles. The lowest BCUT2D eigenvalue weighted by molar-refractivity contribution is -0.148. The topological polar surface area (TPSA) is 69.6 Å². The predicted molar refractivity (Wildman–Crippen MR) is 74.9 cm³/mol. The summed E-state index contributed by atoms with van der Waals surface area (Å²) >= 11 is 1.56. The fraction of sp³-hybridized carbons (Fsp3) is 0.692. The molecule has 0 bridgehead atoms. The van der Waals surface area contributed by atoms with Crippen LogP contribution in [0.15, 0.2) is 11.1 Å². The highest BCUT2D eigenvalue weighted by molar-refractivity contribution is 8.00. The third-order valence-corrected chi connectivity index (χ3v) is 5.27. The molecule has 2 heterocycles. The van der Waals surface area contributed by atoms with Gasteiger partial charge >= 0.3 is 5.97 Å². The summed E-state index contributed by atoms with van der Waals surface area (Å²) in [6.07, 6.45) is 0. The molecule has 2 N–H and O–H groups in total. The SMILES string of the molecule is CC(C(=O)N1C(C(=O)O)CSC1C(C)C)=C1CNC1. The average molecular weight is 284 g/mol. The Morgan fingerprint density at radius 1 is 1.42 bits per heavy atom. The van der Waals surface area contributed by atoms with Gasteiger partial charge in [0.15, 0.2) is 0 Å². The molecule has 2 rings (SSSR count). The summed E-state index contributed by atoms with van der Waals surface area (Å²) in [6.45, 7) is 7.33. The van der Waals surface area contributed by atoms with Crippen LogP contribution in [-0.2, 0) is 9.59 Å². The molecular formula is C13H20N2O3S. The van der Waals surface area contributed by atoms with Crippen LogP contribution in [0.2, 0.25) is 0 Å². The summed E-state index contributed by atoms with van der Waals surface area (Å²) in [5.74, 6) is -0.304. The molecule has 2 atom stereocenters. The van der Waals surface area contributed by atoms with Gasteiger partial charge in [0, 0.05) is 24.4 Å². The number of aliphatic carboxylic acids is 1. The summed E-state index contributed by atoms with van der Waals surface area (Å²) in [7, 11) is 0. The van der Waals surface area contributed by atoms with E-state index >= 15 is 0 Å². The third-order valence-electron chi connectivity index (χ3n) is 3.65. The van der Waals surface area contributed by atoms with Crippen LogP contribution in [0.5, 0.6) is 0 Å². The number of amides is 1. The molecule has 2 fully saturated rings. The monoisotopic (exact) mass is 284 g/mol. The molecule has 5 nitrogen and oxygen atoms in total. The molecule has 19 heavy (non-hydrogen) atoms. The quantitative estimate of drug-likeness (QED) is 0.754. The Balaban J connectivity index is 2.25. The Hall–Kier alpha value is -1.01. The number of hydrogen-bond acceptors (Lipinski definition) is 4. The maximum atomic E-state index is 12.6. The summed E-state index contributed by atoms with van der Waals surface area (Å²) in [5, 5.41) is 12.3. The van der Waals surface area contributed by atoms with Crippen molar-refractivity contribution >= 4 is 23.6 Å². The van der Waals surface area contributed by atoms with Crippen LogP contribution < -0.4 is 5.32 Å². The Bertz CT molecular complexity index is 428. The fourth-order valence-corrected chi connectivity index (χ4v) is 3.82. The zero-order valence-electron chi connectivity index (χ0n) is 11.5. The standard InChI is InChI=1S/C13H20N2O3S/c1-7(2)12-15(10(6-19-12)13(17)18)11(16)8(3)9-4-14-5-9/h7,10,12,14H,4-6H2,1-3H3,(H,17,18). The van der Waals surface area contributed by atoms with Gasteiger partial charge in [0.2, 0.25) is 0 Å². The number of thioether (sulfide) groups is 1. The second-order valence-corrected chi connectivity index (χ2v) is 6.52. The number of carboxylic acids is 1. The van der Waals surface area contributed by atoms with Crippen molar-refractivity contribution in [1.29, 1.82) is 0 Å². The Morgan fingerprint density at radius 2 is 2.05 bits per heavy atom. The lowest BCUT2D eigenvalue weighted by Gasteiger charge is -2.32. The lowest BCUT2D eigenvalue weighted by atomic mass is 10.0. The molecule has 1 amide bonds. The summed E-state index contributed by atoms with van der Waals surface area (Å²) in [4.78, 5) is 25.5. The van der Waals surface area contributed by atoms with Crippen molar-refractivity contribution in [3.8, 4) is 0 Å². The first-order valence-corrected chi connectivity index (χ1v) is 7.54. The molecule has 0 aromatic rings. The second-order valence-electron chi connectivity index (χ2n) is 5.37. The van der Waals surface area contributed by atoms with Crippen molar-refractivity contribution in [3.63, 3.8) is 0 Å². The zero-order chi connectivity index (χ0) is 14.2. The molecule has 0 spiro atoms. The van der Waals surface area contributed by atoms with Gasteiger partial charge < -0.3 is 15.3 Å². The number of nitrogens with one attached hydrogen (secondary N) is 1. The van der Waals surface area contributed by atoms with Crippen LogP contribution >= 0.6 is 11.8 Å². The van der Waals surface area contributed by atoms with Crippen molar-refractivity contribution in [2.45, 2.75) is 32.2 Å².